The lowest BCUT2D eigenvalue weighted by Crippen LogP contribution is -1.82. The number of nitrogens with zero attached hydrogens (tertiary/aromatic N) is 2. The molecule has 0 aliphatic rings. The second-order valence-corrected chi connectivity index (χ2v) is 8.52. The van der Waals surface area contributed by atoms with E-state index in [0.717, 1.165) is 54.4 Å². The normalized spacial score (nSPS) is 15.6. The van der Waals surface area contributed by atoms with E-state index in [2.05, 4.69) is 0 Å². The Kier molecular flexibility index (Phi) is 1.76. The molecule has 32 heavy (non-hydrogen) atoms. The Morgan fingerprint density at radius 1 is 0.406 bits per heavy atom. The highest BCUT2D eigenvalue weighted by molar-refractivity contribution is 6.28. The molecule has 4 heterocycles. The number of hydrogen-bond acceptors (Lipinski definition) is 0. The smallest absolute Gasteiger partial charge is 0.0653 e. The first-order chi connectivity index (χ1) is 18.3. The van der Waals surface area contributed by atoms with Gasteiger partial charge in [0.05, 0.1) is 41.3 Å². The standard InChI is InChI=1S/C30H16N2/c1-3-13-25-17(7-1)19-9-5-11-21-23-16-28-24(15-27(23)31(25)29(19)21)22-12-6-10-20-18-8-2-4-14-26(18)32(28)30(20)22/h1-16H/i1D,2D,5D,6D,15D,16D. The number of fused-ring (bicyclic) bond motifs is 12. The summed E-state index contributed by atoms with van der Waals surface area (Å²) >= 11 is 0. The Balaban J connectivity index is 1.66. The molecule has 0 saturated heterocycles. The van der Waals surface area contributed by atoms with Crippen LogP contribution in [0.1, 0.15) is 8.22 Å². The molecule has 4 aromatic heterocycles. The largest absolute Gasteiger partial charge is 0.308 e. The third-order valence-electron chi connectivity index (χ3n) is 7.07. The molecule has 0 bridgehead atoms. The third kappa shape index (κ3) is 1.52. The van der Waals surface area contributed by atoms with E-state index in [1.54, 1.807) is 48.5 Å². The van der Waals surface area contributed by atoms with Crippen LogP contribution in [0.25, 0.3) is 76.2 Å². The van der Waals surface area contributed by atoms with Gasteiger partial charge in [0.15, 0.2) is 0 Å². The summed E-state index contributed by atoms with van der Waals surface area (Å²) in [6.07, 6.45) is 0. The lowest BCUT2D eigenvalue weighted by Gasteiger charge is -2.01. The molecule has 146 valence electrons. The molecule has 0 aliphatic heterocycles. The van der Waals surface area contributed by atoms with Crippen molar-refractivity contribution in [2.75, 3.05) is 0 Å². The van der Waals surface area contributed by atoms with Gasteiger partial charge in [0, 0.05) is 43.1 Å². The van der Waals surface area contributed by atoms with Crippen molar-refractivity contribution in [3.63, 3.8) is 0 Å². The highest BCUT2D eigenvalue weighted by atomic mass is 14.9. The average molecular weight is 411 g/mol. The van der Waals surface area contributed by atoms with E-state index >= 15 is 0 Å². The molecule has 0 aliphatic carbocycles. The van der Waals surface area contributed by atoms with Gasteiger partial charge in [0.1, 0.15) is 0 Å². The van der Waals surface area contributed by atoms with Crippen LogP contribution < -0.4 is 0 Å². The van der Waals surface area contributed by atoms with Gasteiger partial charge in [-0.15, -0.1) is 0 Å². The fourth-order valence-corrected chi connectivity index (χ4v) is 5.83. The summed E-state index contributed by atoms with van der Waals surface area (Å²) in [5, 5.41) is 6.18. The van der Waals surface area contributed by atoms with Crippen molar-refractivity contribution in [1.29, 1.82) is 0 Å². The second-order valence-electron chi connectivity index (χ2n) is 8.52. The molecule has 0 spiro atoms. The molecular weight excluding hydrogens is 388 g/mol. The van der Waals surface area contributed by atoms with Crippen molar-refractivity contribution in [2.45, 2.75) is 0 Å². The zero-order chi connectivity index (χ0) is 25.8. The Morgan fingerprint density at radius 2 is 0.812 bits per heavy atom. The highest BCUT2D eigenvalue weighted by Crippen LogP contribution is 2.44. The molecule has 0 saturated carbocycles. The molecule has 0 unspecified atom stereocenters. The quantitative estimate of drug-likeness (QED) is 0.240. The minimum absolute atomic E-state index is 0.281. The predicted octanol–water partition coefficient (Wildman–Crippen LogP) is 7.99. The summed E-state index contributed by atoms with van der Waals surface area (Å²) in [4.78, 5) is 0. The monoisotopic (exact) mass is 410 g/mol. The maximum absolute atomic E-state index is 9.55. The first-order valence-electron chi connectivity index (χ1n) is 13.6. The third-order valence-corrected chi connectivity index (χ3v) is 7.07. The van der Waals surface area contributed by atoms with Gasteiger partial charge in [0.2, 0.25) is 0 Å². The van der Waals surface area contributed by atoms with Crippen LogP contribution in [-0.4, -0.2) is 8.80 Å². The van der Waals surface area contributed by atoms with Crippen LogP contribution in [0.5, 0.6) is 0 Å². The summed E-state index contributed by atoms with van der Waals surface area (Å²) in [6, 6.07) is 19.9. The molecule has 0 atom stereocenters. The van der Waals surface area contributed by atoms with Gasteiger partial charge >= 0.3 is 0 Å². The van der Waals surface area contributed by atoms with E-state index in [9.17, 15) is 2.74 Å². The molecule has 2 nitrogen and oxygen atoms in total. The van der Waals surface area contributed by atoms with Crippen LogP contribution in [0.3, 0.4) is 0 Å². The van der Waals surface area contributed by atoms with Gasteiger partial charge in [-0.05, 0) is 24.2 Å². The van der Waals surface area contributed by atoms with Gasteiger partial charge in [-0.2, -0.15) is 0 Å². The van der Waals surface area contributed by atoms with Gasteiger partial charge < -0.3 is 8.80 Å². The molecule has 0 radical (unpaired) electrons. The predicted molar refractivity (Wildman–Crippen MR) is 136 cm³/mol. The van der Waals surface area contributed by atoms with Crippen LogP contribution in [-0.2, 0) is 0 Å². The second kappa shape index (κ2) is 4.95. The summed E-state index contributed by atoms with van der Waals surface area (Å²) in [5.74, 6) is 0. The molecule has 0 fully saturated rings. The van der Waals surface area contributed by atoms with Crippen molar-refractivity contribution in [1.82, 2.24) is 8.80 Å². The zero-order valence-electron chi connectivity index (χ0n) is 22.7. The number of aromatic nitrogens is 2. The van der Waals surface area contributed by atoms with Gasteiger partial charge in [-0.25, -0.2) is 0 Å². The number of para-hydroxylation sites is 4. The molecule has 2 heteroatoms. The topological polar surface area (TPSA) is 8.82 Å². The molecule has 9 aromatic rings. The summed E-state index contributed by atoms with van der Waals surface area (Å²) in [5.41, 5.74) is 4.63. The molecule has 0 N–H and O–H groups in total. The number of hydrogen-bond donors (Lipinski definition) is 0. The molecule has 0 amide bonds. The number of benzene rings is 5. The lowest BCUT2D eigenvalue weighted by atomic mass is 10.0. The van der Waals surface area contributed by atoms with Crippen molar-refractivity contribution < 1.29 is 8.22 Å². The minimum Gasteiger partial charge on any atom is -0.308 e. The molecular formula is C30H16N2. The SMILES string of the molecule is [2H]c1ccc2c(c1)c1cc([2H])cc3c4c([2H])c5c(c([2H])c4n2c13)c1cc([2H])cc2c3cc([2H])ccc3n5c21. The van der Waals surface area contributed by atoms with Crippen LogP contribution in [0.15, 0.2) is 96.9 Å². The fraction of sp³-hybridized carbons (Fsp3) is 0. The van der Waals surface area contributed by atoms with Crippen molar-refractivity contribution in [2.24, 2.45) is 0 Å². The van der Waals surface area contributed by atoms with Crippen LogP contribution in [0.2, 0.25) is 0 Å². The summed E-state index contributed by atoms with van der Waals surface area (Å²) in [7, 11) is 0. The van der Waals surface area contributed by atoms with Gasteiger partial charge in [0.25, 0.3) is 0 Å². The van der Waals surface area contributed by atoms with E-state index < -0.39 is 0 Å². The van der Waals surface area contributed by atoms with Gasteiger partial charge in [-0.3, -0.25) is 0 Å². The molecule has 5 aromatic carbocycles. The molecule has 9 rings (SSSR count). The maximum Gasteiger partial charge on any atom is 0.0653 e. The Bertz CT molecular complexity index is 2340. The van der Waals surface area contributed by atoms with E-state index in [0.29, 0.717) is 46.0 Å². The van der Waals surface area contributed by atoms with E-state index in [-0.39, 0.29) is 12.1 Å². The van der Waals surface area contributed by atoms with E-state index in [1.807, 2.05) is 20.9 Å². The van der Waals surface area contributed by atoms with Crippen molar-refractivity contribution in [3.8, 4) is 0 Å². The van der Waals surface area contributed by atoms with Crippen LogP contribution >= 0.6 is 0 Å². The van der Waals surface area contributed by atoms with Crippen LogP contribution in [0, 0.1) is 0 Å². The van der Waals surface area contributed by atoms with E-state index in [4.69, 9.17) is 5.48 Å². The first kappa shape index (κ1) is 11.4. The lowest BCUT2D eigenvalue weighted by molar-refractivity contribution is 1.36. The Labute approximate surface area is 190 Å². The van der Waals surface area contributed by atoms with Crippen LogP contribution in [0.4, 0.5) is 0 Å². The Morgan fingerprint density at radius 3 is 1.28 bits per heavy atom. The number of rotatable bonds is 0. The van der Waals surface area contributed by atoms with E-state index in [1.165, 1.54) is 0 Å². The summed E-state index contributed by atoms with van der Waals surface area (Å²) in [6.45, 7) is 0. The highest BCUT2D eigenvalue weighted by Gasteiger charge is 2.21. The van der Waals surface area contributed by atoms with Crippen molar-refractivity contribution in [3.05, 3.63) is 96.9 Å². The zero-order valence-corrected chi connectivity index (χ0v) is 16.7. The fourth-order valence-electron chi connectivity index (χ4n) is 5.83. The summed E-state index contributed by atoms with van der Waals surface area (Å²) < 4.78 is 56.6. The first-order valence-corrected chi connectivity index (χ1v) is 10.6. The maximum atomic E-state index is 9.55. The van der Waals surface area contributed by atoms with Gasteiger partial charge in [-0.1, -0.05) is 72.7 Å². The average Bonchev–Trinajstić information content (AvgIpc) is 3.58. The van der Waals surface area contributed by atoms with Crippen molar-refractivity contribution >= 4 is 76.2 Å². The Hall–Kier alpha value is -4.30. The minimum atomic E-state index is 0.281.